The van der Waals surface area contributed by atoms with Crippen molar-refractivity contribution in [3.63, 3.8) is 0 Å². The molecular formula is C22H23N3O5. The number of benzene rings is 2. The lowest BCUT2D eigenvalue weighted by molar-refractivity contribution is -0.142. The van der Waals surface area contributed by atoms with Gasteiger partial charge in [0.25, 0.3) is 0 Å². The fourth-order valence-electron chi connectivity index (χ4n) is 3.10. The minimum Gasteiger partial charge on any atom is -0.497 e. The van der Waals surface area contributed by atoms with E-state index in [4.69, 9.17) is 4.74 Å². The van der Waals surface area contributed by atoms with E-state index in [1.165, 1.54) is 29.7 Å². The molecule has 0 bridgehead atoms. The van der Waals surface area contributed by atoms with Crippen molar-refractivity contribution in [2.75, 3.05) is 25.6 Å². The topological polar surface area (TPSA) is 87.2 Å². The molecule has 0 radical (unpaired) electrons. The molecule has 1 saturated heterocycles. The SMILES string of the molecule is CCc1ccc(CN(C)C(=O)CN2C(=O)C(=O)N(c3ccc(OC)cc3)C2=O)cc1. The van der Waals surface area contributed by atoms with Gasteiger partial charge in [0.1, 0.15) is 12.3 Å². The summed E-state index contributed by atoms with van der Waals surface area (Å²) >= 11 is 0. The van der Waals surface area contributed by atoms with Gasteiger partial charge in [0.15, 0.2) is 0 Å². The number of ether oxygens (including phenoxy) is 1. The van der Waals surface area contributed by atoms with Crippen LogP contribution in [-0.4, -0.2) is 54.3 Å². The Morgan fingerprint density at radius 3 is 2.10 bits per heavy atom. The number of carbonyl (C=O) groups is 4. The number of methoxy groups -OCH3 is 1. The first-order valence-corrected chi connectivity index (χ1v) is 9.51. The van der Waals surface area contributed by atoms with Crippen LogP contribution >= 0.6 is 0 Å². The highest BCUT2D eigenvalue weighted by atomic mass is 16.5. The number of hydrogen-bond donors (Lipinski definition) is 0. The number of rotatable bonds is 7. The zero-order valence-electron chi connectivity index (χ0n) is 17.1. The molecule has 2 aromatic rings. The summed E-state index contributed by atoms with van der Waals surface area (Å²) < 4.78 is 5.05. The quantitative estimate of drug-likeness (QED) is 0.517. The largest absolute Gasteiger partial charge is 0.497 e. The van der Waals surface area contributed by atoms with Crippen molar-refractivity contribution in [2.24, 2.45) is 0 Å². The number of likely N-dealkylation sites (N-methyl/N-ethyl adjacent to an activating group) is 1. The van der Waals surface area contributed by atoms with Crippen LogP contribution in [-0.2, 0) is 27.3 Å². The highest BCUT2D eigenvalue weighted by Gasteiger charge is 2.46. The van der Waals surface area contributed by atoms with Crippen LogP contribution in [0.5, 0.6) is 5.75 Å². The second kappa shape index (κ2) is 8.77. The van der Waals surface area contributed by atoms with Gasteiger partial charge in [-0.2, -0.15) is 0 Å². The second-order valence-corrected chi connectivity index (χ2v) is 6.93. The Hall–Kier alpha value is -3.68. The summed E-state index contributed by atoms with van der Waals surface area (Å²) in [6.45, 7) is 1.89. The van der Waals surface area contributed by atoms with Crippen LogP contribution in [0.1, 0.15) is 18.1 Å². The molecule has 0 N–H and O–H groups in total. The minimum absolute atomic E-state index is 0.235. The molecule has 0 unspecified atom stereocenters. The van der Waals surface area contributed by atoms with Crippen LogP contribution in [0.3, 0.4) is 0 Å². The fraction of sp³-hybridized carbons (Fsp3) is 0.273. The second-order valence-electron chi connectivity index (χ2n) is 6.93. The summed E-state index contributed by atoms with van der Waals surface area (Å²) in [4.78, 5) is 52.8. The van der Waals surface area contributed by atoms with Crippen molar-refractivity contribution < 1.29 is 23.9 Å². The average Bonchev–Trinajstić information content (AvgIpc) is 2.97. The molecular weight excluding hydrogens is 386 g/mol. The van der Waals surface area contributed by atoms with Gasteiger partial charge in [0.05, 0.1) is 12.8 Å². The summed E-state index contributed by atoms with van der Waals surface area (Å²) in [7, 11) is 3.08. The van der Waals surface area contributed by atoms with Crippen LogP contribution < -0.4 is 9.64 Å². The lowest BCUT2D eigenvalue weighted by Gasteiger charge is -2.21. The van der Waals surface area contributed by atoms with E-state index in [0.29, 0.717) is 17.2 Å². The van der Waals surface area contributed by atoms with E-state index in [2.05, 4.69) is 6.92 Å². The number of anilines is 1. The van der Waals surface area contributed by atoms with E-state index in [1.54, 1.807) is 19.2 Å². The minimum atomic E-state index is -1.02. The third-order valence-corrected chi connectivity index (χ3v) is 4.95. The molecule has 156 valence electrons. The molecule has 3 rings (SSSR count). The Bertz CT molecular complexity index is 969. The molecule has 2 aromatic carbocycles. The molecule has 0 atom stereocenters. The van der Waals surface area contributed by atoms with Gasteiger partial charge in [-0.3, -0.25) is 14.4 Å². The lowest BCUT2D eigenvalue weighted by Crippen LogP contribution is -2.42. The lowest BCUT2D eigenvalue weighted by atomic mass is 10.1. The number of urea groups is 1. The van der Waals surface area contributed by atoms with Gasteiger partial charge >= 0.3 is 17.8 Å². The zero-order chi connectivity index (χ0) is 21.8. The molecule has 1 aliphatic rings. The monoisotopic (exact) mass is 409 g/mol. The highest BCUT2D eigenvalue weighted by Crippen LogP contribution is 2.24. The van der Waals surface area contributed by atoms with E-state index in [1.807, 2.05) is 24.3 Å². The smallest absolute Gasteiger partial charge is 0.339 e. The molecule has 1 fully saturated rings. The number of aryl methyl sites for hydroxylation is 1. The number of carbonyl (C=O) groups excluding carboxylic acids is 4. The Morgan fingerprint density at radius 2 is 1.53 bits per heavy atom. The molecule has 1 heterocycles. The molecule has 0 saturated carbocycles. The molecule has 0 aliphatic carbocycles. The first kappa shape index (κ1) is 21.0. The maximum absolute atomic E-state index is 12.7. The van der Waals surface area contributed by atoms with Crippen molar-refractivity contribution in [3.8, 4) is 5.75 Å². The summed E-state index contributed by atoms with van der Waals surface area (Å²) in [6.07, 6.45) is 0.924. The van der Waals surface area contributed by atoms with Crippen LogP contribution in [0.15, 0.2) is 48.5 Å². The zero-order valence-corrected chi connectivity index (χ0v) is 17.1. The molecule has 8 heteroatoms. The molecule has 5 amide bonds. The third-order valence-electron chi connectivity index (χ3n) is 4.95. The van der Waals surface area contributed by atoms with E-state index in [0.717, 1.165) is 16.9 Å². The highest BCUT2D eigenvalue weighted by molar-refractivity contribution is 6.53. The van der Waals surface area contributed by atoms with Crippen molar-refractivity contribution in [1.29, 1.82) is 0 Å². The predicted octanol–water partition coefficient (Wildman–Crippen LogP) is 2.21. The molecule has 30 heavy (non-hydrogen) atoms. The van der Waals surface area contributed by atoms with Crippen LogP contribution in [0.4, 0.5) is 10.5 Å². The van der Waals surface area contributed by atoms with Crippen molar-refractivity contribution in [3.05, 3.63) is 59.7 Å². The van der Waals surface area contributed by atoms with Gasteiger partial charge < -0.3 is 9.64 Å². The Kier molecular flexibility index (Phi) is 6.15. The maximum atomic E-state index is 12.7. The van der Waals surface area contributed by atoms with Crippen molar-refractivity contribution in [2.45, 2.75) is 19.9 Å². The summed E-state index contributed by atoms with van der Waals surface area (Å²) in [5.74, 6) is -1.91. The molecule has 0 aromatic heterocycles. The van der Waals surface area contributed by atoms with Gasteiger partial charge in [-0.05, 0) is 41.8 Å². The normalized spacial score (nSPS) is 13.8. The van der Waals surface area contributed by atoms with Crippen LogP contribution in [0.2, 0.25) is 0 Å². The van der Waals surface area contributed by atoms with E-state index < -0.39 is 30.3 Å². The standard InChI is InChI=1S/C22H23N3O5/c1-4-15-5-7-16(8-6-15)13-23(2)19(26)14-24-20(27)21(28)25(22(24)29)17-9-11-18(30-3)12-10-17/h5-12H,4,13-14H2,1-3H3. The molecule has 8 nitrogen and oxygen atoms in total. The number of imide groups is 2. The van der Waals surface area contributed by atoms with Gasteiger partial charge in [0, 0.05) is 13.6 Å². The maximum Gasteiger partial charge on any atom is 0.339 e. The Morgan fingerprint density at radius 1 is 0.933 bits per heavy atom. The van der Waals surface area contributed by atoms with E-state index >= 15 is 0 Å². The molecule has 1 aliphatic heterocycles. The predicted molar refractivity (Wildman–Crippen MR) is 110 cm³/mol. The van der Waals surface area contributed by atoms with Gasteiger partial charge in [-0.1, -0.05) is 31.2 Å². The number of amides is 5. The first-order chi connectivity index (χ1) is 14.3. The Labute approximate surface area is 174 Å². The van der Waals surface area contributed by atoms with E-state index in [9.17, 15) is 19.2 Å². The van der Waals surface area contributed by atoms with Crippen molar-refractivity contribution >= 4 is 29.4 Å². The summed E-state index contributed by atoms with van der Waals surface area (Å²) in [5, 5.41) is 0. The molecule has 0 spiro atoms. The first-order valence-electron chi connectivity index (χ1n) is 9.51. The van der Waals surface area contributed by atoms with E-state index in [-0.39, 0.29) is 5.69 Å². The van der Waals surface area contributed by atoms with Gasteiger partial charge in [0.2, 0.25) is 5.91 Å². The average molecular weight is 409 g/mol. The van der Waals surface area contributed by atoms with Crippen LogP contribution in [0.25, 0.3) is 0 Å². The van der Waals surface area contributed by atoms with Gasteiger partial charge in [-0.15, -0.1) is 0 Å². The number of hydrogen-bond acceptors (Lipinski definition) is 5. The summed E-state index contributed by atoms with van der Waals surface area (Å²) in [6, 6.07) is 13.2. The van der Waals surface area contributed by atoms with Crippen molar-refractivity contribution in [1.82, 2.24) is 9.80 Å². The van der Waals surface area contributed by atoms with Gasteiger partial charge in [-0.25, -0.2) is 14.6 Å². The fourth-order valence-corrected chi connectivity index (χ4v) is 3.10. The Balaban J connectivity index is 1.68. The third kappa shape index (κ3) is 4.17. The van der Waals surface area contributed by atoms with Crippen LogP contribution in [0, 0.1) is 0 Å². The summed E-state index contributed by atoms with van der Waals surface area (Å²) in [5.41, 5.74) is 2.36. The number of nitrogens with zero attached hydrogens (tertiary/aromatic N) is 3.